The highest BCUT2D eigenvalue weighted by molar-refractivity contribution is 7.09. The lowest BCUT2D eigenvalue weighted by Crippen LogP contribution is -2.47. The average Bonchev–Trinajstić information content (AvgIpc) is 3.55. The van der Waals surface area contributed by atoms with E-state index in [-0.39, 0.29) is 18.8 Å². The summed E-state index contributed by atoms with van der Waals surface area (Å²) < 4.78 is 24.7. The number of nitrogens with zero attached hydrogens (tertiary/aromatic N) is 2. The van der Waals surface area contributed by atoms with Crippen LogP contribution in [0.4, 0.5) is 0 Å². The zero-order chi connectivity index (χ0) is 22.1. The van der Waals surface area contributed by atoms with Crippen molar-refractivity contribution in [1.29, 1.82) is 0 Å². The first kappa shape index (κ1) is 20.9. The number of fused-ring (bicyclic) bond motifs is 1. The molecule has 1 amide bonds. The number of hydrogen-bond donors (Lipinski definition) is 0. The Bertz CT molecular complexity index is 1110. The van der Waals surface area contributed by atoms with Crippen LogP contribution in [0.3, 0.4) is 0 Å². The second-order valence-electron chi connectivity index (χ2n) is 8.02. The van der Waals surface area contributed by atoms with Crippen LogP contribution >= 0.6 is 11.3 Å². The van der Waals surface area contributed by atoms with Gasteiger partial charge in [0.05, 0.1) is 25.3 Å². The summed E-state index contributed by atoms with van der Waals surface area (Å²) in [5.74, 6) is 2.15. The Hall–Kier alpha value is -2.97. The van der Waals surface area contributed by atoms with E-state index in [1.807, 2.05) is 36.1 Å². The Balaban J connectivity index is 1.23. The third kappa shape index (κ3) is 4.20. The van der Waals surface area contributed by atoms with Gasteiger partial charge >= 0.3 is 0 Å². The fourth-order valence-electron chi connectivity index (χ4n) is 4.15. The van der Waals surface area contributed by atoms with Crippen LogP contribution in [0.2, 0.25) is 0 Å². The van der Waals surface area contributed by atoms with Crippen molar-refractivity contribution < 1.29 is 23.7 Å². The molecule has 0 radical (unpaired) electrons. The maximum atomic E-state index is 13.3. The summed E-state index contributed by atoms with van der Waals surface area (Å²) in [6, 6.07) is 11.7. The minimum absolute atomic E-state index is 0.0481. The minimum atomic E-state index is -0.187. The molecule has 1 fully saturated rings. The van der Waals surface area contributed by atoms with Crippen molar-refractivity contribution >= 4 is 17.2 Å². The molecule has 1 aromatic carbocycles. The molecule has 0 bridgehead atoms. The lowest BCUT2D eigenvalue weighted by Gasteiger charge is -2.33. The van der Waals surface area contributed by atoms with E-state index in [0.29, 0.717) is 37.8 Å². The van der Waals surface area contributed by atoms with Gasteiger partial charge in [0.2, 0.25) is 6.79 Å². The number of aryl methyl sites for hydroxylation is 1. The molecular weight excluding hydrogens is 428 g/mol. The molecule has 2 aliphatic rings. The summed E-state index contributed by atoms with van der Waals surface area (Å²) in [6.45, 7) is 7.03. The second-order valence-corrected chi connectivity index (χ2v) is 9.05. The largest absolute Gasteiger partial charge is 0.491 e. The molecule has 1 unspecified atom stereocenters. The number of hydrogen-bond acceptors (Lipinski definition) is 6. The predicted molar refractivity (Wildman–Crippen MR) is 121 cm³/mol. The molecule has 8 heteroatoms. The molecule has 0 aliphatic carbocycles. The van der Waals surface area contributed by atoms with Gasteiger partial charge in [-0.2, -0.15) is 0 Å². The Kier molecular flexibility index (Phi) is 5.80. The van der Waals surface area contributed by atoms with Gasteiger partial charge in [-0.3, -0.25) is 4.79 Å². The van der Waals surface area contributed by atoms with Crippen LogP contribution in [-0.4, -0.2) is 54.6 Å². The predicted octanol–water partition coefficient (Wildman–Crippen LogP) is 3.86. The minimum Gasteiger partial charge on any atom is -0.491 e. The number of carbonyl (C=O) groups is 1. The first-order valence-electron chi connectivity index (χ1n) is 10.7. The fraction of sp³-hybridized carbons (Fsp3) is 0.375. The molecule has 168 valence electrons. The lowest BCUT2D eigenvalue weighted by molar-refractivity contribution is -0.0401. The number of amides is 1. The van der Waals surface area contributed by atoms with Crippen LogP contribution in [0.1, 0.15) is 26.6 Å². The van der Waals surface area contributed by atoms with E-state index in [2.05, 4.69) is 29.0 Å². The Morgan fingerprint density at radius 1 is 1.19 bits per heavy atom. The molecule has 0 saturated carbocycles. The Labute approximate surface area is 191 Å². The van der Waals surface area contributed by atoms with Crippen LogP contribution in [0, 0.1) is 13.8 Å². The van der Waals surface area contributed by atoms with Crippen molar-refractivity contribution in [2.24, 2.45) is 0 Å². The van der Waals surface area contributed by atoms with Gasteiger partial charge in [-0.1, -0.05) is 6.07 Å². The van der Waals surface area contributed by atoms with Gasteiger partial charge < -0.3 is 28.4 Å². The smallest absolute Gasteiger partial charge is 0.255 e. The molecule has 1 saturated heterocycles. The third-order valence-electron chi connectivity index (χ3n) is 5.90. The number of rotatable bonds is 6. The molecule has 1 atom stereocenters. The number of ether oxygens (including phenoxy) is 4. The molecule has 5 rings (SSSR count). The number of benzene rings is 1. The molecule has 2 aromatic heterocycles. The number of carbonyl (C=O) groups excluding carboxylic acids is 1. The van der Waals surface area contributed by atoms with Gasteiger partial charge in [-0.05, 0) is 43.5 Å². The van der Waals surface area contributed by atoms with Gasteiger partial charge in [0.15, 0.2) is 11.5 Å². The summed E-state index contributed by atoms with van der Waals surface area (Å²) in [5.41, 5.74) is 2.85. The van der Waals surface area contributed by atoms with Crippen molar-refractivity contribution in [2.45, 2.75) is 26.5 Å². The van der Waals surface area contributed by atoms with E-state index in [1.54, 1.807) is 11.3 Å². The van der Waals surface area contributed by atoms with Crippen molar-refractivity contribution in [2.75, 3.05) is 33.1 Å². The highest BCUT2D eigenvalue weighted by Crippen LogP contribution is 2.35. The zero-order valence-corrected chi connectivity index (χ0v) is 19.0. The van der Waals surface area contributed by atoms with E-state index in [1.165, 1.54) is 4.88 Å². The van der Waals surface area contributed by atoms with Crippen LogP contribution < -0.4 is 14.2 Å². The standard InChI is InChI=1S/C24H26N2O5S/c1-16-10-21(17(2)26(16)13-20-4-3-9-32-20)24(27)25-7-8-28-19(12-25)14-29-18-5-6-22-23(11-18)31-15-30-22/h3-6,9-11,19H,7-8,12-15H2,1-2H3. The van der Waals surface area contributed by atoms with Crippen molar-refractivity contribution in [3.05, 3.63) is 63.6 Å². The van der Waals surface area contributed by atoms with Gasteiger partial charge in [0.1, 0.15) is 18.5 Å². The van der Waals surface area contributed by atoms with Gasteiger partial charge in [0.25, 0.3) is 5.91 Å². The monoisotopic (exact) mass is 454 g/mol. The molecule has 0 N–H and O–H groups in total. The number of thiophene rings is 1. The normalized spacial score (nSPS) is 17.6. The Morgan fingerprint density at radius 3 is 2.91 bits per heavy atom. The van der Waals surface area contributed by atoms with E-state index in [9.17, 15) is 4.79 Å². The number of morpholine rings is 1. The highest BCUT2D eigenvalue weighted by Gasteiger charge is 2.28. The molecule has 4 heterocycles. The zero-order valence-electron chi connectivity index (χ0n) is 18.2. The van der Waals surface area contributed by atoms with Crippen molar-refractivity contribution in [3.63, 3.8) is 0 Å². The molecule has 7 nitrogen and oxygen atoms in total. The molecule has 32 heavy (non-hydrogen) atoms. The second kappa shape index (κ2) is 8.88. The SMILES string of the molecule is Cc1cc(C(=O)N2CCOC(COc3ccc4c(c3)OCO4)C2)c(C)n1Cc1cccs1. The fourth-order valence-corrected chi connectivity index (χ4v) is 4.84. The van der Waals surface area contributed by atoms with Gasteiger partial charge in [-0.15, -0.1) is 11.3 Å². The van der Waals surface area contributed by atoms with Crippen molar-refractivity contribution in [3.8, 4) is 17.2 Å². The summed E-state index contributed by atoms with van der Waals surface area (Å²) in [6.07, 6.45) is -0.187. The van der Waals surface area contributed by atoms with Crippen LogP contribution in [-0.2, 0) is 11.3 Å². The lowest BCUT2D eigenvalue weighted by atomic mass is 10.2. The molecule has 3 aromatic rings. The molecule has 0 spiro atoms. The first-order valence-corrected chi connectivity index (χ1v) is 11.6. The van der Waals surface area contributed by atoms with E-state index >= 15 is 0 Å². The first-order chi connectivity index (χ1) is 15.6. The molecular formula is C24H26N2O5S. The van der Waals surface area contributed by atoms with Crippen LogP contribution in [0.15, 0.2) is 41.8 Å². The maximum Gasteiger partial charge on any atom is 0.255 e. The summed E-state index contributed by atoms with van der Waals surface area (Å²) in [4.78, 5) is 16.5. The van der Waals surface area contributed by atoms with E-state index in [0.717, 1.165) is 29.2 Å². The quantitative estimate of drug-likeness (QED) is 0.566. The third-order valence-corrected chi connectivity index (χ3v) is 6.77. The maximum absolute atomic E-state index is 13.3. The summed E-state index contributed by atoms with van der Waals surface area (Å²) in [7, 11) is 0. The van der Waals surface area contributed by atoms with Crippen LogP contribution in [0.5, 0.6) is 17.2 Å². The molecule has 2 aliphatic heterocycles. The van der Waals surface area contributed by atoms with E-state index in [4.69, 9.17) is 18.9 Å². The van der Waals surface area contributed by atoms with Gasteiger partial charge in [0, 0.05) is 28.9 Å². The summed E-state index contributed by atoms with van der Waals surface area (Å²) in [5, 5.41) is 2.08. The van der Waals surface area contributed by atoms with E-state index < -0.39 is 0 Å². The summed E-state index contributed by atoms with van der Waals surface area (Å²) >= 11 is 1.73. The van der Waals surface area contributed by atoms with Crippen LogP contribution in [0.25, 0.3) is 0 Å². The Morgan fingerprint density at radius 2 is 2.06 bits per heavy atom. The highest BCUT2D eigenvalue weighted by atomic mass is 32.1. The topological polar surface area (TPSA) is 62.2 Å². The van der Waals surface area contributed by atoms with Crippen molar-refractivity contribution in [1.82, 2.24) is 9.47 Å². The number of aromatic nitrogens is 1. The average molecular weight is 455 g/mol. The van der Waals surface area contributed by atoms with Gasteiger partial charge in [-0.25, -0.2) is 0 Å².